The van der Waals surface area contributed by atoms with E-state index < -0.39 is 0 Å². The lowest BCUT2D eigenvalue weighted by atomic mass is 10.1. The van der Waals surface area contributed by atoms with E-state index in [-0.39, 0.29) is 11.4 Å². The molecule has 0 radical (unpaired) electrons. The molecule has 2 aromatic heterocycles. The van der Waals surface area contributed by atoms with Crippen LogP contribution in [-0.2, 0) is 0 Å². The number of anilines is 1. The number of rotatable bonds is 3. The topological polar surface area (TPSA) is 89.6 Å². The third kappa shape index (κ3) is 2.66. The minimum atomic E-state index is -0.242. The molecule has 0 aliphatic carbocycles. The second-order valence-corrected chi connectivity index (χ2v) is 6.85. The highest BCUT2D eigenvalue weighted by Crippen LogP contribution is 2.24. The van der Waals surface area contributed by atoms with Crippen molar-refractivity contribution >= 4 is 28.6 Å². The van der Waals surface area contributed by atoms with E-state index in [1.165, 1.54) is 0 Å². The molecule has 0 saturated heterocycles. The number of fused-ring (bicyclic) bond motifs is 1. The Bertz CT molecular complexity index is 1140. The Morgan fingerprint density at radius 3 is 2.42 bits per heavy atom. The molecule has 0 amide bonds. The Kier molecular flexibility index (Phi) is 4.00. The summed E-state index contributed by atoms with van der Waals surface area (Å²) < 4.78 is 1.59. The highest BCUT2D eigenvalue weighted by atomic mass is 32.2. The lowest BCUT2D eigenvalue weighted by Gasteiger charge is -2.13. The van der Waals surface area contributed by atoms with Crippen molar-refractivity contribution in [3.8, 4) is 17.1 Å². The molecule has 0 fully saturated rings. The number of aryl methyl sites for hydroxylation is 1. The molecule has 2 aromatic carbocycles. The molecule has 3 N–H and O–H groups in total. The minimum absolute atomic E-state index is 0.155. The van der Waals surface area contributed by atoms with Gasteiger partial charge in [0.2, 0.25) is 0 Å². The Morgan fingerprint density at radius 1 is 1.08 bits per heavy atom. The van der Waals surface area contributed by atoms with Gasteiger partial charge in [-0.05, 0) is 37.4 Å². The summed E-state index contributed by atoms with van der Waals surface area (Å²) in [5.74, 6) is 0.700. The van der Waals surface area contributed by atoms with Gasteiger partial charge in [-0.15, -0.1) is 11.8 Å². The lowest BCUT2D eigenvalue weighted by molar-refractivity contribution is 0.968. The third-order valence-corrected chi connectivity index (χ3v) is 5.01. The number of nitrogens with two attached hydrogens (primary N) is 1. The van der Waals surface area contributed by atoms with E-state index in [4.69, 9.17) is 5.73 Å². The van der Waals surface area contributed by atoms with E-state index in [1.54, 1.807) is 16.3 Å². The molecule has 0 spiro atoms. The van der Waals surface area contributed by atoms with E-state index in [9.17, 15) is 4.79 Å². The summed E-state index contributed by atoms with van der Waals surface area (Å²) in [5, 5.41) is 6.99. The van der Waals surface area contributed by atoms with E-state index in [0.717, 1.165) is 21.7 Å². The van der Waals surface area contributed by atoms with Crippen LogP contribution in [0.2, 0.25) is 0 Å². The minimum Gasteiger partial charge on any atom is -0.381 e. The third-order valence-electron chi connectivity index (χ3n) is 4.26. The van der Waals surface area contributed by atoms with E-state index in [2.05, 4.69) is 15.2 Å². The Morgan fingerprint density at radius 2 is 1.77 bits per heavy atom. The molecule has 0 aliphatic heterocycles. The molecular weight excluding hydrogens is 346 g/mol. The smallest absolute Gasteiger partial charge is 0.271 e. The Balaban J connectivity index is 2.05. The van der Waals surface area contributed by atoms with Crippen LogP contribution in [0.1, 0.15) is 5.56 Å². The molecule has 26 heavy (non-hydrogen) atoms. The molecule has 0 aliphatic rings. The van der Waals surface area contributed by atoms with Gasteiger partial charge in [0.25, 0.3) is 5.56 Å². The number of thioether (sulfide) groups is 1. The van der Waals surface area contributed by atoms with Crippen molar-refractivity contribution in [1.29, 1.82) is 0 Å². The van der Waals surface area contributed by atoms with Gasteiger partial charge in [0.15, 0.2) is 11.5 Å². The van der Waals surface area contributed by atoms with Crippen LogP contribution >= 0.6 is 11.8 Å². The average molecular weight is 363 g/mol. The van der Waals surface area contributed by atoms with Crippen LogP contribution in [-0.4, -0.2) is 26.0 Å². The van der Waals surface area contributed by atoms with Gasteiger partial charge in [-0.1, -0.05) is 29.8 Å². The number of nitrogens with one attached hydrogen (secondary N) is 1. The first-order valence-electron chi connectivity index (χ1n) is 8.06. The normalized spacial score (nSPS) is 11.2. The number of aromatic nitrogens is 4. The highest BCUT2D eigenvalue weighted by molar-refractivity contribution is 7.98. The Labute approximate surface area is 154 Å². The Hall–Kier alpha value is -3.06. The molecule has 2 heterocycles. The van der Waals surface area contributed by atoms with Crippen LogP contribution in [0.3, 0.4) is 0 Å². The molecule has 0 saturated carbocycles. The second-order valence-electron chi connectivity index (χ2n) is 5.97. The van der Waals surface area contributed by atoms with Crippen molar-refractivity contribution in [2.75, 3.05) is 12.0 Å². The average Bonchev–Trinajstić information content (AvgIpc) is 3.03. The lowest BCUT2D eigenvalue weighted by Crippen LogP contribution is -2.22. The van der Waals surface area contributed by atoms with Crippen molar-refractivity contribution in [2.45, 2.75) is 11.8 Å². The van der Waals surface area contributed by atoms with Gasteiger partial charge < -0.3 is 5.73 Å². The molecule has 0 atom stereocenters. The second kappa shape index (κ2) is 6.34. The summed E-state index contributed by atoms with van der Waals surface area (Å²) in [4.78, 5) is 19.0. The zero-order valence-corrected chi connectivity index (χ0v) is 15.2. The predicted molar refractivity (Wildman–Crippen MR) is 106 cm³/mol. The van der Waals surface area contributed by atoms with E-state index in [1.807, 2.05) is 61.7 Å². The SMILES string of the molecule is CSc1ccc(-n2c(-c3ccc(C)cc3)nc3[nH]nc(N)c3c2=O)cc1. The fraction of sp³-hybridized carbons (Fsp3) is 0.105. The molecule has 0 bridgehead atoms. The van der Waals surface area contributed by atoms with Gasteiger partial charge >= 0.3 is 0 Å². The number of nitrogens with zero attached hydrogens (tertiary/aromatic N) is 3. The fourth-order valence-corrected chi connectivity index (χ4v) is 3.28. The first-order valence-corrected chi connectivity index (χ1v) is 9.29. The van der Waals surface area contributed by atoms with Crippen LogP contribution < -0.4 is 11.3 Å². The van der Waals surface area contributed by atoms with Gasteiger partial charge in [-0.25, -0.2) is 4.98 Å². The number of benzene rings is 2. The van der Waals surface area contributed by atoms with Crippen LogP contribution in [0.5, 0.6) is 0 Å². The standard InChI is InChI=1S/C19H17N5OS/c1-11-3-5-12(6-4-11)18-21-17-15(16(20)22-23-17)19(25)24(18)13-7-9-14(26-2)10-8-13/h3-10H,1-2H3,(H3,20,22,23). The molecule has 4 aromatic rings. The molecule has 0 unspecified atom stereocenters. The van der Waals surface area contributed by atoms with Crippen molar-refractivity contribution in [1.82, 2.24) is 19.7 Å². The summed E-state index contributed by atoms with van der Waals surface area (Å²) in [5.41, 5.74) is 8.74. The quantitative estimate of drug-likeness (QED) is 0.545. The molecule has 4 rings (SSSR count). The van der Waals surface area contributed by atoms with E-state index in [0.29, 0.717) is 16.9 Å². The summed E-state index contributed by atoms with van der Waals surface area (Å²) in [6, 6.07) is 15.7. The zero-order valence-electron chi connectivity index (χ0n) is 14.4. The van der Waals surface area contributed by atoms with Gasteiger partial charge in [0.1, 0.15) is 11.2 Å². The zero-order chi connectivity index (χ0) is 18.3. The summed E-state index contributed by atoms with van der Waals surface area (Å²) >= 11 is 1.65. The van der Waals surface area contributed by atoms with Gasteiger partial charge in [0.05, 0.1) is 5.69 Å². The van der Waals surface area contributed by atoms with Crippen LogP contribution in [0.4, 0.5) is 5.82 Å². The first kappa shape index (κ1) is 16.4. The number of nitrogen functional groups attached to an aromatic ring is 1. The van der Waals surface area contributed by atoms with Crippen molar-refractivity contribution in [3.63, 3.8) is 0 Å². The number of aromatic amines is 1. The number of H-pyrrole nitrogens is 1. The maximum atomic E-state index is 13.2. The largest absolute Gasteiger partial charge is 0.381 e. The first-order chi connectivity index (χ1) is 12.6. The molecule has 6 nitrogen and oxygen atoms in total. The van der Waals surface area contributed by atoms with Gasteiger partial charge in [0, 0.05) is 10.5 Å². The van der Waals surface area contributed by atoms with Crippen molar-refractivity contribution < 1.29 is 0 Å². The van der Waals surface area contributed by atoms with Gasteiger partial charge in [-0.3, -0.25) is 14.5 Å². The van der Waals surface area contributed by atoms with Crippen molar-refractivity contribution in [2.24, 2.45) is 0 Å². The number of hydrogen-bond donors (Lipinski definition) is 2. The van der Waals surface area contributed by atoms with Crippen LogP contribution in [0, 0.1) is 6.92 Å². The molecule has 7 heteroatoms. The summed E-state index contributed by atoms with van der Waals surface area (Å²) in [6.45, 7) is 2.02. The number of hydrogen-bond acceptors (Lipinski definition) is 5. The van der Waals surface area contributed by atoms with Gasteiger partial charge in [-0.2, -0.15) is 5.10 Å². The van der Waals surface area contributed by atoms with Crippen LogP contribution in [0.25, 0.3) is 28.1 Å². The monoisotopic (exact) mass is 363 g/mol. The van der Waals surface area contributed by atoms with E-state index >= 15 is 0 Å². The predicted octanol–water partition coefficient (Wildman–Crippen LogP) is 3.39. The van der Waals surface area contributed by atoms with Crippen LogP contribution in [0.15, 0.2) is 58.2 Å². The fourth-order valence-electron chi connectivity index (χ4n) is 2.87. The summed E-state index contributed by atoms with van der Waals surface area (Å²) in [7, 11) is 0. The highest BCUT2D eigenvalue weighted by Gasteiger charge is 2.18. The summed E-state index contributed by atoms with van der Waals surface area (Å²) in [6.07, 6.45) is 2.01. The molecular formula is C19H17N5OS. The maximum absolute atomic E-state index is 13.2. The molecule has 130 valence electrons. The maximum Gasteiger partial charge on any atom is 0.271 e. The van der Waals surface area contributed by atoms with Crippen molar-refractivity contribution in [3.05, 3.63) is 64.4 Å².